The van der Waals surface area contributed by atoms with Crippen LogP contribution in [0, 0.1) is 0 Å². The molecule has 0 bridgehead atoms. The number of hydrogen-bond donors (Lipinski definition) is 3. The fourth-order valence-corrected chi connectivity index (χ4v) is 1.20. The maximum Gasteiger partial charge on any atom is 0.137 e. The molecule has 0 aliphatic rings. The van der Waals surface area contributed by atoms with Gasteiger partial charge in [-0.15, -0.1) is 0 Å². The van der Waals surface area contributed by atoms with E-state index < -0.39 is 6.10 Å². The zero-order valence-corrected chi connectivity index (χ0v) is 11.2. The smallest absolute Gasteiger partial charge is 0.137 e. The van der Waals surface area contributed by atoms with E-state index in [1.165, 1.54) is 0 Å². The van der Waals surface area contributed by atoms with Gasteiger partial charge in [0.1, 0.15) is 18.5 Å². The summed E-state index contributed by atoms with van der Waals surface area (Å²) in [6.45, 7) is 6.75. The zero-order chi connectivity index (χ0) is 13.6. The van der Waals surface area contributed by atoms with Crippen molar-refractivity contribution in [3.05, 3.63) is 24.0 Å². The lowest BCUT2D eigenvalue weighted by Crippen LogP contribution is -2.35. The molecule has 18 heavy (non-hydrogen) atoms. The molecule has 0 spiro atoms. The number of rotatable bonds is 6. The van der Waals surface area contributed by atoms with Crippen LogP contribution in [0.5, 0.6) is 5.75 Å². The van der Waals surface area contributed by atoms with E-state index in [1.807, 2.05) is 6.07 Å². The van der Waals surface area contributed by atoms with E-state index in [2.05, 4.69) is 31.1 Å². The predicted molar refractivity (Wildman–Crippen MR) is 69.4 cm³/mol. The van der Waals surface area contributed by atoms with Crippen molar-refractivity contribution < 1.29 is 14.9 Å². The predicted octanol–water partition coefficient (Wildman–Crippen LogP) is 0.702. The molecule has 102 valence electrons. The molecule has 5 heteroatoms. The average molecular weight is 254 g/mol. The maximum atomic E-state index is 9.14. The standard InChI is InChI=1S/C13H22N2O3/c1-13(2,3)15-6-10-4-5-12(7-14-10)18-9-11(17)8-16/h4-5,7,11,15-17H,6,8-9H2,1-3H3. The van der Waals surface area contributed by atoms with E-state index in [4.69, 9.17) is 14.9 Å². The maximum absolute atomic E-state index is 9.14. The van der Waals surface area contributed by atoms with Crippen molar-refractivity contribution in [2.75, 3.05) is 13.2 Å². The number of aliphatic hydroxyl groups excluding tert-OH is 2. The van der Waals surface area contributed by atoms with Crippen molar-refractivity contribution in [3.8, 4) is 5.75 Å². The second-order valence-corrected chi connectivity index (χ2v) is 5.24. The van der Waals surface area contributed by atoms with Gasteiger partial charge in [-0.2, -0.15) is 0 Å². The first kappa shape index (κ1) is 14.9. The van der Waals surface area contributed by atoms with Gasteiger partial charge in [0.15, 0.2) is 0 Å². The van der Waals surface area contributed by atoms with E-state index in [0.717, 1.165) is 5.69 Å². The summed E-state index contributed by atoms with van der Waals surface area (Å²) in [5.74, 6) is 0.585. The molecule has 1 aromatic heterocycles. The minimum Gasteiger partial charge on any atom is -0.489 e. The molecule has 5 nitrogen and oxygen atoms in total. The van der Waals surface area contributed by atoms with Gasteiger partial charge in [0.05, 0.1) is 18.5 Å². The Kier molecular flexibility index (Phi) is 5.53. The van der Waals surface area contributed by atoms with Gasteiger partial charge in [0.2, 0.25) is 0 Å². The van der Waals surface area contributed by atoms with Crippen LogP contribution in [0.2, 0.25) is 0 Å². The van der Waals surface area contributed by atoms with Crippen LogP contribution in [0.4, 0.5) is 0 Å². The number of hydrogen-bond acceptors (Lipinski definition) is 5. The van der Waals surface area contributed by atoms with Gasteiger partial charge in [-0.1, -0.05) is 0 Å². The summed E-state index contributed by atoms with van der Waals surface area (Å²) in [4.78, 5) is 4.25. The second-order valence-electron chi connectivity index (χ2n) is 5.24. The molecule has 0 saturated carbocycles. The third-order valence-corrected chi connectivity index (χ3v) is 2.25. The highest BCUT2D eigenvalue weighted by molar-refractivity contribution is 5.19. The molecule has 0 saturated heterocycles. The van der Waals surface area contributed by atoms with E-state index in [-0.39, 0.29) is 18.8 Å². The molecule has 1 atom stereocenters. The number of nitrogens with one attached hydrogen (secondary N) is 1. The Morgan fingerprint density at radius 3 is 2.61 bits per heavy atom. The minimum atomic E-state index is -0.854. The number of ether oxygens (including phenoxy) is 1. The van der Waals surface area contributed by atoms with Crippen LogP contribution < -0.4 is 10.1 Å². The number of aliphatic hydroxyl groups is 2. The lowest BCUT2D eigenvalue weighted by atomic mass is 10.1. The van der Waals surface area contributed by atoms with Crippen molar-refractivity contribution in [1.29, 1.82) is 0 Å². The molecule has 0 aliphatic heterocycles. The largest absolute Gasteiger partial charge is 0.489 e. The summed E-state index contributed by atoms with van der Waals surface area (Å²) in [5.41, 5.74) is 0.988. The monoisotopic (exact) mass is 254 g/mol. The average Bonchev–Trinajstić information content (AvgIpc) is 2.33. The Hall–Kier alpha value is -1.17. The van der Waals surface area contributed by atoms with Crippen LogP contribution in [0.1, 0.15) is 26.5 Å². The molecule has 0 aromatic carbocycles. The Morgan fingerprint density at radius 1 is 1.39 bits per heavy atom. The topological polar surface area (TPSA) is 74.6 Å². The molecular weight excluding hydrogens is 232 g/mol. The summed E-state index contributed by atoms with van der Waals surface area (Å²) in [6, 6.07) is 3.68. The fraction of sp³-hybridized carbons (Fsp3) is 0.615. The second kappa shape index (κ2) is 6.68. The summed E-state index contributed by atoms with van der Waals surface area (Å²) in [7, 11) is 0. The highest BCUT2D eigenvalue weighted by atomic mass is 16.5. The highest BCUT2D eigenvalue weighted by Gasteiger charge is 2.09. The van der Waals surface area contributed by atoms with Crippen molar-refractivity contribution in [1.82, 2.24) is 10.3 Å². The SMILES string of the molecule is CC(C)(C)NCc1ccc(OCC(O)CO)cn1. The van der Waals surface area contributed by atoms with Crippen molar-refractivity contribution in [3.63, 3.8) is 0 Å². The fourth-order valence-electron chi connectivity index (χ4n) is 1.20. The number of nitrogens with zero attached hydrogens (tertiary/aromatic N) is 1. The summed E-state index contributed by atoms with van der Waals surface area (Å²) >= 11 is 0. The summed E-state index contributed by atoms with van der Waals surface area (Å²) < 4.78 is 5.27. The molecule has 0 fully saturated rings. The molecule has 1 aromatic rings. The molecule has 1 rings (SSSR count). The first-order valence-electron chi connectivity index (χ1n) is 6.02. The van der Waals surface area contributed by atoms with E-state index >= 15 is 0 Å². The van der Waals surface area contributed by atoms with Crippen LogP contribution in [0.25, 0.3) is 0 Å². The van der Waals surface area contributed by atoms with Crippen LogP contribution in [0.3, 0.4) is 0 Å². The molecular formula is C13H22N2O3. The lowest BCUT2D eigenvalue weighted by molar-refractivity contribution is 0.0535. The zero-order valence-electron chi connectivity index (χ0n) is 11.2. The number of pyridine rings is 1. The molecule has 3 N–H and O–H groups in total. The van der Waals surface area contributed by atoms with Crippen molar-refractivity contribution >= 4 is 0 Å². The Morgan fingerprint density at radius 2 is 2.11 bits per heavy atom. The normalized spacial score (nSPS) is 13.4. The van der Waals surface area contributed by atoms with Crippen LogP contribution in [-0.2, 0) is 6.54 Å². The van der Waals surface area contributed by atoms with Crippen LogP contribution in [-0.4, -0.2) is 40.1 Å². The van der Waals surface area contributed by atoms with E-state index in [0.29, 0.717) is 12.3 Å². The van der Waals surface area contributed by atoms with Gasteiger partial charge >= 0.3 is 0 Å². The third kappa shape index (κ3) is 5.95. The Labute approximate surface area is 108 Å². The van der Waals surface area contributed by atoms with Crippen molar-refractivity contribution in [2.24, 2.45) is 0 Å². The Balaban J connectivity index is 2.42. The molecule has 1 heterocycles. The van der Waals surface area contributed by atoms with Gasteiger partial charge in [-0.05, 0) is 32.9 Å². The van der Waals surface area contributed by atoms with Gasteiger partial charge in [0, 0.05) is 12.1 Å². The quantitative estimate of drug-likeness (QED) is 0.697. The molecule has 0 aliphatic carbocycles. The van der Waals surface area contributed by atoms with Gasteiger partial charge in [-0.25, -0.2) is 0 Å². The lowest BCUT2D eigenvalue weighted by Gasteiger charge is -2.20. The van der Waals surface area contributed by atoms with Crippen LogP contribution >= 0.6 is 0 Å². The number of aromatic nitrogens is 1. The van der Waals surface area contributed by atoms with E-state index in [9.17, 15) is 0 Å². The van der Waals surface area contributed by atoms with Gasteiger partial charge in [0.25, 0.3) is 0 Å². The highest BCUT2D eigenvalue weighted by Crippen LogP contribution is 2.10. The molecule has 0 radical (unpaired) electrons. The van der Waals surface area contributed by atoms with Crippen molar-refractivity contribution in [2.45, 2.75) is 39.0 Å². The molecule has 0 amide bonds. The minimum absolute atomic E-state index is 0.0576. The molecule has 1 unspecified atom stereocenters. The summed E-state index contributed by atoms with van der Waals surface area (Å²) in [5, 5.41) is 21.1. The van der Waals surface area contributed by atoms with E-state index in [1.54, 1.807) is 12.3 Å². The first-order valence-corrected chi connectivity index (χ1v) is 6.02. The Bertz CT molecular complexity index is 346. The van der Waals surface area contributed by atoms with Crippen LogP contribution in [0.15, 0.2) is 18.3 Å². The first-order chi connectivity index (χ1) is 8.40. The third-order valence-electron chi connectivity index (χ3n) is 2.25. The van der Waals surface area contributed by atoms with Gasteiger partial charge < -0.3 is 20.3 Å². The van der Waals surface area contributed by atoms with Gasteiger partial charge in [-0.3, -0.25) is 4.98 Å². The summed E-state index contributed by atoms with van der Waals surface area (Å²) in [6.07, 6.45) is 0.760.